The average molecular weight is 533 g/mol. The van der Waals surface area contributed by atoms with Gasteiger partial charge in [-0.15, -0.1) is 0 Å². The standard InChI is InChI=1S/C36H25FN4/c37-30-24-14-13-23-29(30)32-31(25-15-5-1-6-16-25)38-34(39-32)35-40-33(26-17-7-2-8-18-26)36(41-35,27-19-9-3-10-20-27)28-21-11-4-12-22-28/h1-24,41H. The SMILES string of the molecule is Fc1ccccc1C1=NC(=C2N=C(c3ccccc3)C(c3ccccc3)(c3ccccc3)N2)N=C1c1ccccc1. The maximum Gasteiger partial charge on any atom is 0.196 e. The average Bonchev–Trinajstić information content (AvgIpc) is 3.67. The summed E-state index contributed by atoms with van der Waals surface area (Å²) < 4.78 is 15.1. The molecule has 5 aromatic carbocycles. The van der Waals surface area contributed by atoms with E-state index in [1.54, 1.807) is 12.1 Å². The van der Waals surface area contributed by atoms with Crippen molar-refractivity contribution in [2.45, 2.75) is 5.54 Å². The number of aliphatic imine (C=N–C) groups is 3. The van der Waals surface area contributed by atoms with Crippen LogP contribution < -0.4 is 5.32 Å². The summed E-state index contributed by atoms with van der Waals surface area (Å²) in [6.07, 6.45) is 0. The van der Waals surface area contributed by atoms with Crippen molar-refractivity contribution in [2.24, 2.45) is 15.0 Å². The first kappa shape index (κ1) is 24.6. The van der Waals surface area contributed by atoms with E-state index in [2.05, 4.69) is 41.7 Å². The number of benzene rings is 5. The van der Waals surface area contributed by atoms with Crippen LogP contribution in [0, 0.1) is 5.82 Å². The van der Waals surface area contributed by atoms with Crippen LogP contribution in [-0.2, 0) is 5.54 Å². The van der Waals surface area contributed by atoms with Crippen LogP contribution in [0.3, 0.4) is 0 Å². The van der Waals surface area contributed by atoms with Gasteiger partial charge in [-0.05, 0) is 28.8 Å². The fourth-order valence-electron chi connectivity index (χ4n) is 5.49. The lowest BCUT2D eigenvalue weighted by Gasteiger charge is -2.33. The summed E-state index contributed by atoms with van der Waals surface area (Å²) in [5, 5.41) is 3.75. The zero-order valence-corrected chi connectivity index (χ0v) is 22.1. The molecular formula is C36H25FN4. The lowest BCUT2D eigenvalue weighted by molar-refractivity contribution is 0.611. The van der Waals surface area contributed by atoms with Crippen molar-refractivity contribution in [1.82, 2.24) is 5.32 Å². The van der Waals surface area contributed by atoms with Crippen LogP contribution in [0.15, 0.2) is 172 Å². The lowest BCUT2D eigenvalue weighted by Crippen LogP contribution is -2.45. The van der Waals surface area contributed by atoms with Crippen LogP contribution in [0.25, 0.3) is 0 Å². The molecule has 196 valence electrons. The zero-order valence-electron chi connectivity index (χ0n) is 22.1. The topological polar surface area (TPSA) is 49.1 Å². The van der Waals surface area contributed by atoms with Crippen molar-refractivity contribution in [3.8, 4) is 0 Å². The monoisotopic (exact) mass is 532 g/mol. The predicted octanol–water partition coefficient (Wildman–Crippen LogP) is 7.28. The highest BCUT2D eigenvalue weighted by atomic mass is 19.1. The smallest absolute Gasteiger partial charge is 0.196 e. The Morgan fingerprint density at radius 1 is 0.488 bits per heavy atom. The molecule has 0 fully saturated rings. The number of halogens is 1. The number of hydrogen-bond acceptors (Lipinski definition) is 4. The molecule has 0 radical (unpaired) electrons. The molecule has 41 heavy (non-hydrogen) atoms. The van der Waals surface area contributed by atoms with Crippen LogP contribution in [0.1, 0.15) is 27.8 Å². The van der Waals surface area contributed by atoms with Crippen LogP contribution in [0.2, 0.25) is 0 Å². The first-order chi connectivity index (χ1) is 20.2. The summed E-state index contributed by atoms with van der Waals surface area (Å²) in [4.78, 5) is 15.1. The van der Waals surface area contributed by atoms with Crippen LogP contribution in [-0.4, -0.2) is 17.1 Å². The van der Waals surface area contributed by atoms with Crippen molar-refractivity contribution in [3.63, 3.8) is 0 Å². The van der Waals surface area contributed by atoms with Crippen LogP contribution in [0.4, 0.5) is 4.39 Å². The number of nitrogens with zero attached hydrogens (tertiary/aromatic N) is 3. The van der Waals surface area contributed by atoms with Gasteiger partial charge in [0.05, 0.1) is 11.4 Å². The van der Waals surface area contributed by atoms with E-state index in [-0.39, 0.29) is 5.82 Å². The summed E-state index contributed by atoms with van der Waals surface area (Å²) in [7, 11) is 0. The second-order valence-electron chi connectivity index (χ2n) is 9.87. The highest BCUT2D eigenvalue weighted by Gasteiger charge is 2.46. The Hall–Kier alpha value is -5.42. The van der Waals surface area contributed by atoms with E-state index < -0.39 is 5.54 Å². The maximum absolute atomic E-state index is 15.1. The van der Waals surface area contributed by atoms with Crippen molar-refractivity contribution in [2.75, 3.05) is 0 Å². The molecule has 0 saturated carbocycles. The molecule has 0 saturated heterocycles. The van der Waals surface area contributed by atoms with Crippen molar-refractivity contribution in [3.05, 3.63) is 191 Å². The van der Waals surface area contributed by atoms with Gasteiger partial charge in [0.1, 0.15) is 17.1 Å². The highest BCUT2D eigenvalue weighted by Crippen LogP contribution is 2.40. The fraction of sp³-hybridized carbons (Fsp3) is 0.0278. The molecule has 1 N–H and O–H groups in total. The third-order valence-corrected chi connectivity index (χ3v) is 7.39. The largest absolute Gasteiger partial charge is 0.348 e. The molecule has 0 aromatic heterocycles. The molecular weight excluding hydrogens is 507 g/mol. The Morgan fingerprint density at radius 2 is 0.976 bits per heavy atom. The Morgan fingerprint density at radius 3 is 1.56 bits per heavy atom. The van der Waals surface area contributed by atoms with E-state index in [9.17, 15) is 0 Å². The second kappa shape index (κ2) is 10.3. The van der Waals surface area contributed by atoms with Gasteiger partial charge in [0, 0.05) is 11.1 Å². The number of rotatable bonds is 5. The maximum atomic E-state index is 15.1. The number of hydrogen-bond donors (Lipinski definition) is 1. The third kappa shape index (κ3) is 4.28. The number of nitrogens with one attached hydrogen (secondary N) is 1. The van der Waals surface area contributed by atoms with E-state index in [1.807, 2.05) is 91.0 Å². The molecule has 2 aliphatic heterocycles. The molecule has 0 atom stereocenters. The molecule has 5 aromatic rings. The van der Waals surface area contributed by atoms with Gasteiger partial charge in [-0.2, -0.15) is 0 Å². The van der Waals surface area contributed by atoms with Gasteiger partial charge in [-0.3, -0.25) is 0 Å². The predicted molar refractivity (Wildman–Crippen MR) is 163 cm³/mol. The molecule has 7 rings (SSSR count). The van der Waals surface area contributed by atoms with Crippen molar-refractivity contribution in [1.29, 1.82) is 0 Å². The van der Waals surface area contributed by atoms with Gasteiger partial charge in [-0.1, -0.05) is 133 Å². The minimum absolute atomic E-state index is 0.350. The van der Waals surface area contributed by atoms with Gasteiger partial charge in [0.2, 0.25) is 0 Å². The second-order valence-corrected chi connectivity index (χ2v) is 9.87. The highest BCUT2D eigenvalue weighted by molar-refractivity contribution is 6.55. The minimum Gasteiger partial charge on any atom is -0.348 e. The Kier molecular flexibility index (Phi) is 6.17. The van der Waals surface area contributed by atoms with Gasteiger partial charge in [0.25, 0.3) is 0 Å². The van der Waals surface area contributed by atoms with Crippen molar-refractivity contribution < 1.29 is 4.39 Å². The fourth-order valence-corrected chi connectivity index (χ4v) is 5.49. The molecule has 4 nitrogen and oxygen atoms in total. The Balaban J connectivity index is 1.49. The van der Waals surface area contributed by atoms with E-state index in [0.717, 1.165) is 28.0 Å². The molecule has 0 bridgehead atoms. The normalized spacial score (nSPS) is 17.4. The van der Waals surface area contributed by atoms with E-state index in [0.29, 0.717) is 28.6 Å². The van der Waals surface area contributed by atoms with Crippen LogP contribution in [0.5, 0.6) is 0 Å². The third-order valence-electron chi connectivity index (χ3n) is 7.39. The zero-order chi connectivity index (χ0) is 27.6. The molecule has 0 aliphatic carbocycles. The van der Waals surface area contributed by atoms with Gasteiger partial charge in [0.15, 0.2) is 11.6 Å². The van der Waals surface area contributed by atoms with E-state index in [4.69, 9.17) is 15.0 Å². The summed E-state index contributed by atoms with van der Waals surface area (Å²) in [5.74, 6) is 0.581. The molecule has 0 unspecified atom stereocenters. The lowest BCUT2D eigenvalue weighted by atomic mass is 9.77. The van der Waals surface area contributed by atoms with Crippen LogP contribution >= 0.6 is 0 Å². The van der Waals surface area contributed by atoms with Gasteiger partial charge < -0.3 is 5.32 Å². The van der Waals surface area contributed by atoms with Crippen molar-refractivity contribution >= 4 is 17.1 Å². The molecule has 2 aliphatic rings. The molecule has 5 heteroatoms. The first-order valence-electron chi connectivity index (χ1n) is 13.5. The first-order valence-corrected chi connectivity index (χ1v) is 13.5. The molecule has 2 heterocycles. The molecule has 0 spiro atoms. The quantitative estimate of drug-likeness (QED) is 0.254. The Labute approximate surface area is 238 Å². The van der Waals surface area contributed by atoms with Gasteiger partial charge in [-0.25, -0.2) is 19.4 Å². The summed E-state index contributed by atoms with van der Waals surface area (Å²) in [6, 6.07) is 47.1. The summed E-state index contributed by atoms with van der Waals surface area (Å²) in [5.41, 5.74) is 5.42. The minimum atomic E-state index is -0.801. The Bertz CT molecular complexity index is 1800. The van der Waals surface area contributed by atoms with E-state index >= 15 is 4.39 Å². The van der Waals surface area contributed by atoms with E-state index in [1.165, 1.54) is 6.07 Å². The van der Waals surface area contributed by atoms with Gasteiger partial charge >= 0.3 is 0 Å². The summed E-state index contributed by atoms with van der Waals surface area (Å²) >= 11 is 0. The molecule has 0 amide bonds. The summed E-state index contributed by atoms with van der Waals surface area (Å²) in [6.45, 7) is 0.